The molecule has 1 fully saturated rings. The van der Waals surface area contributed by atoms with Crippen LogP contribution in [-0.4, -0.2) is 37.1 Å². The number of piperazine rings is 1. The molecule has 4 nitrogen and oxygen atoms in total. The van der Waals surface area contributed by atoms with Crippen molar-refractivity contribution in [2.75, 3.05) is 31.1 Å². The van der Waals surface area contributed by atoms with Gasteiger partial charge in [0.25, 0.3) is 0 Å². The van der Waals surface area contributed by atoms with Gasteiger partial charge < -0.3 is 15.1 Å². The van der Waals surface area contributed by atoms with Gasteiger partial charge in [-0.2, -0.15) is 0 Å². The van der Waals surface area contributed by atoms with Crippen LogP contribution in [0.15, 0.2) is 42.6 Å². The molecule has 4 heteroatoms. The number of para-hydroxylation sites is 1. The number of anilines is 1. The lowest BCUT2D eigenvalue weighted by Crippen LogP contribution is -2.51. The Labute approximate surface area is 121 Å². The fourth-order valence-electron chi connectivity index (χ4n) is 2.21. The molecule has 2 amide bonds. The number of nitrogens with one attached hydrogen (secondary N) is 1. The van der Waals surface area contributed by atoms with Gasteiger partial charge in [0.1, 0.15) is 0 Å². The van der Waals surface area contributed by atoms with Crippen molar-refractivity contribution in [1.82, 2.24) is 10.2 Å². The Bertz CT molecular complexity index is 448. The van der Waals surface area contributed by atoms with E-state index in [1.165, 1.54) is 5.69 Å². The highest BCUT2D eigenvalue weighted by Gasteiger charge is 2.20. The van der Waals surface area contributed by atoms with Gasteiger partial charge in [-0.25, -0.2) is 4.79 Å². The van der Waals surface area contributed by atoms with Crippen molar-refractivity contribution in [3.05, 3.63) is 42.6 Å². The van der Waals surface area contributed by atoms with Crippen LogP contribution in [0.25, 0.3) is 0 Å². The van der Waals surface area contributed by atoms with Crippen LogP contribution in [0, 0.1) is 5.92 Å². The number of allylic oxidation sites excluding steroid dienone is 1. The quantitative estimate of drug-likeness (QED) is 0.919. The first-order chi connectivity index (χ1) is 9.66. The molecule has 1 heterocycles. The first kappa shape index (κ1) is 14.4. The normalized spacial score (nSPS) is 15.9. The van der Waals surface area contributed by atoms with Crippen molar-refractivity contribution in [3.8, 4) is 0 Å². The Balaban J connectivity index is 1.81. The highest BCUT2D eigenvalue weighted by atomic mass is 16.2. The van der Waals surface area contributed by atoms with E-state index in [1.807, 2.05) is 29.2 Å². The van der Waals surface area contributed by atoms with Crippen LogP contribution >= 0.6 is 0 Å². The largest absolute Gasteiger partial charge is 0.368 e. The number of amides is 2. The summed E-state index contributed by atoms with van der Waals surface area (Å²) in [5.41, 5.74) is 1.23. The van der Waals surface area contributed by atoms with Crippen LogP contribution in [-0.2, 0) is 0 Å². The molecular weight excluding hydrogens is 250 g/mol. The molecule has 1 aliphatic heterocycles. The summed E-state index contributed by atoms with van der Waals surface area (Å²) < 4.78 is 0. The summed E-state index contributed by atoms with van der Waals surface area (Å²) in [6, 6.07) is 10.3. The molecule has 0 atom stereocenters. The fourth-order valence-corrected chi connectivity index (χ4v) is 2.21. The van der Waals surface area contributed by atoms with Crippen LogP contribution < -0.4 is 10.2 Å². The molecule has 1 aromatic rings. The summed E-state index contributed by atoms with van der Waals surface area (Å²) in [6.45, 7) is 7.45. The topological polar surface area (TPSA) is 35.6 Å². The number of carbonyl (C=O) groups excluding carboxylic acids is 1. The second-order valence-corrected chi connectivity index (χ2v) is 5.36. The zero-order valence-electron chi connectivity index (χ0n) is 12.2. The number of urea groups is 1. The summed E-state index contributed by atoms with van der Waals surface area (Å²) in [5.74, 6) is 0.449. The van der Waals surface area contributed by atoms with Gasteiger partial charge in [0.15, 0.2) is 0 Å². The van der Waals surface area contributed by atoms with Gasteiger partial charge >= 0.3 is 6.03 Å². The van der Waals surface area contributed by atoms with Gasteiger partial charge in [-0.3, -0.25) is 0 Å². The van der Waals surface area contributed by atoms with Gasteiger partial charge in [-0.05, 0) is 18.1 Å². The third-order valence-corrected chi connectivity index (χ3v) is 3.38. The van der Waals surface area contributed by atoms with Crippen molar-refractivity contribution in [3.63, 3.8) is 0 Å². The van der Waals surface area contributed by atoms with Crippen molar-refractivity contribution >= 4 is 11.7 Å². The van der Waals surface area contributed by atoms with Gasteiger partial charge in [0.2, 0.25) is 0 Å². The van der Waals surface area contributed by atoms with Crippen molar-refractivity contribution in [2.24, 2.45) is 5.92 Å². The molecule has 0 aliphatic carbocycles. The van der Waals surface area contributed by atoms with E-state index < -0.39 is 0 Å². The Morgan fingerprint density at radius 3 is 2.40 bits per heavy atom. The predicted molar refractivity (Wildman–Crippen MR) is 82.7 cm³/mol. The van der Waals surface area contributed by atoms with E-state index in [2.05, 4.69) is 36.2 Å². The van der Waals surface area contributed by atoms with E-state index in [0.717, 1.165) is 26.2 Å². The Morgan fingerprint density at radius 2 is 1.80 bits per heavy atom. The summed E-state index contributed by atoms with van der Waals surface area (Å²) >= 11 is 0. The second kappa shape index (κ2) is 6.98. The van der Waals surface area contributed by atoms with Crippen LogP contribution in [0.3, 0.4) is 0 Å². The van der Waals surface area contributed by atoms with Crippen molar-refractivity contribution in [1.29, 1.82) is 0 Å². The van der Waals surface area contributed by atoms with Gasteiger partial charge in [0.05, 0.1) is 0 Å². The second-order valence-electron chi connectivity index (χ2n) is 5.36. The average Bonchev–Trinajstić information content (AvgIpc) is 2.48. The number of nitrogens with zero attached hydrogens (tertiary/aromatic N) is 2. The SMILES string of the molecule is CC(C)/C=C/NC(=O)N1CCN(c2ccccc2)CC1. The maximum absolute atomic E-state index is 12.0. The summed E-state index contributed by atoms with van der Waals surface area (Å²) in [6.07, 6.45) is 3.73. The van der Waals surface area contributed by atoms with Crippen molar-refractivity contribution < 1.29 is 4.79 Å². The number of rotatable bonds is 3. The smallest absolute Gasteiger partial charge is 0.321 e. The molecule has 0 saturated carbocycles. The standard InChI is InChI=1S/C16H23N3O/c1-14(2)8-9-17-16(20)19-12-10-18(11-13-19)15-6-4-3-5-7-15/h3-9,14H,10-13H2,1-2H3,(H,17,20)/b9-8+. The molecule has 1 aliphatic rings. The highest BCUT2D eigenvalue weighted by molar-refractivity contribution is 5.75. The molecular formula is C16H23N3O. The molecule has 108 valence electrons. The first-order valence-electron chi connectivity index (χ1n) is 7.19. The van der Waals surface area contributed by atoms with Gasteiger partial charge in [0, 0.05) is 38.1 Å². The molecule has 20 heavy (non-hydrogen) atoms. The number of hydrogen-bond donors (Lipinski definition) is 1. The zero-order chi connectivity index (χ0) is 14.4. The molecule has 1 aromatic carbocycles. The molecule has 0 aromatic heterocycles. The summed E-state index contributed by atoms with van der Waals surface area (Å²) in [5, 5.41) is 2.83. The maximum atomic E-state index is 12.0. The van der Waals surface area contributed by atoms with E-state index >= 15 is 0 Å². The minimum atomic E-state index is -0.00499. The number of hydrogen-bond acceptors (Lipinski definition) is 2. The van der Waals surface area contributed by atoms with Crippen molar-refractivity contribution in [2.45, 2.75) is 13.8 Å². The van der Waals surface area contributed by atoms with Crippen LogP contribution in [0.4, 0.5) is 10.5 Å². The van der Waals surface area contributed by atoms with E-state index in [0.29, 0.717) is 5.92 Å². The lowest BCUT2D eigenvalue weighted by atomic mass is 10.2. The molecule has 1 saturated heterocycles. The predicted octanol–water partition coefficient (Wildman–Crippen LogP) is 2.69. The Kier molecular flexibility index (Phi) is 5.04. The first-order valence-corrected chi connectivity index (χ1v) is 7.19. The van der Waals surface area contributed by atoms with Gasteiger partial charge in [-0.15, -0.1) is 0 Å². The third-order valence-electron chi connectivity index (χ3n) is 3.38. The highest BCUT2D eigenvalue weighted by Crippen LogP contribution is 2.15. The minimum absolute atomic E-state index is 0.00499. The summed E-state index contributed by atoms with van der Waals surface area (Å²) in [7, 11) is 0. The molecule has 0 unspecified atom stereocenters. The minimum Gasteiger partial charge on any atom is -0.368 e. The fraction of sp³-hybridized carbons (Fsp3) is 0.438. The lowest BCUT2D eigenvalue weighted by Gasteiger charge is -2.35. The summed E-state index contributed by atoms with van der Waals surface area (Å²) in [4.78, 5) is 16.1. The average molecular weight is 273 g/mol. The van der Waals surface area contributed by atoms with E-state index in [4.69, 9.17) is 0 Å². The van der Waals surface area contributed by atoms with Crippen LogP contribution in [0.1, 0.15) is 13.8 Å². The maximum Gasteiger partial charge on any atom is 0.321 e. The van der Waals surface area contributed by atoms with Crippen LogP contribution in [0.5, 0.6) is 0 Å². The van der Waals surface area contributed by atoms with E-state index in [9.17, 15) is 4.79 Å². The molecule has 1 N–H and O–H groups in total. The van der Waals surface area contributed by atoms with E-state index in [1.54, 1.807) is 6.20 Å². The third kappa shape index (κ3) is 4.02. The number of carbonyl (C=O) groups is 1. The lowest BCUT2D eigenvalue weighted by molar-refractivity contribution is 0.198. The molecule has 0 bridgehead atoms. The number of benzene rings is 1. The molecule has 0 radical (unpaired) electrons. The van der Waals surface area contributed by atoms with E-state index in [-0.39, 0.29) is 6.03 Å². The van der Waals surface area contributed by atoms with Gasteiger partial charge in [-0.1, -0.05) is 38.1 Å². The zero-order valence-corrected chi connectivity index (χ0v) is 12.2. The van der Waals surface area contributed by atoms with Crippen LogP contribution in [0.2, 0.25) is 0 Å². The monoisotopic (exact) mass is 273 g/mol. The molecule has 2 rings (SSSR count). The Hall–Kier alpha value is -1.97. The molecule has 0 spiro atoms. The Morgan fingerprint density at radius 1 is 1.15 bits per heavy atom.